The number of aryl methyl sites for hydroxylation is 1. The number of sulfonamides is 1. The van der Waals surface area contributed by atoms with E-state index >= 15 is 0 Å². The van der Waals surface area contributed by atoms with Gasteiger partial charge in [0.2, 0.25) is 10.0 Å². The zero-order chi connectivity index (χ0) is 15.1. The van der Waals surface area contributed by atoms with Gasteiger partial charge in [0.25, 0.3) is 0 Å². The number of nitrogens with zero attached hydrogens (tertiary/aromatic N) is 1. The number of alkyl halides is 1. The van der Waals surface area contributed by atoms with Crippen LogP contribution in [0.15, 0.2) is 15.4 Å². The summed E-state index contributed by atoms with van der Waals surface area (Å²) in [6, 6.07) is 1.54. The van der Waals surface area contributed by atoms with E-state index in [1.807, 2.05) is 0 Å². The van der Waals surface area contributed by atoms with Gasteiger partial charge in [0.05, 0.1) is 5.88 Å². The van der Waals surface area contributed by atoms with E-state index in [-0.39, 0.29) is 16.2 Å². The molecule has 114 valence electrons. The molecule has 1 aliphatic heterocycles. The third-order valence-corrected chi connectivity index (χ3v) is 6.28. The summed E-state index contributed by atoms with van der Waals surface area (Å²) in [5.41, 5.74) is 0.122. The minimum Gasteiger partial charge on any atom is -0.464 e. The first kappa shape index (κ1) is 15.9. The summed E-state index contributed by atoms with van der Waals surface area (Å²) in [7, 11) is -3.47. The number of hydrogen-bond acceptors (Lipinski definition) is 3. The van der Waals surface area contributed by atoms with Crippen LogP contribution in [0, 0.1) is 18.3 Å². The highest BCUT2D eigenvalue weighted by atomic mass is 35.5. The van der Waals surface area contributed by atoms with Gasteiger partial charge in [-0.2, -0.15) is 4.31 Å². The number of halogens is 1. The van der Waals surface area contributed by atoms with Gasteiger partial charge in [-0.15, -0.1) is 11.6 Å². The Hall–Kier alpha value is -0.520. The molecule has 20 heavy (non-hydrogen) atoms. The second-order valence-electron chi connectivity index (χ2n) is 6.48. The van der Waals surface area contributed by atoms with Gasteiger partial charge >= 0.3 is 0 Å². The molecule has 2 heterocycles. The molecular weight excluding hydrogens is 298 g/mol. The molecule has 1 aliphatic rings. The van der Waals surface area contributed by atoms with Gasteiger partial charge in [0.1, 0.15) is 16.4 Å². The molecule has 4 nitrogen and oxygen atoms in total. The monoisotopic (exact) mass is 319 g/mol. The van der Waals surface area contributed by atoms with Crippen molar-refractivity contribution in [3.63, 3.8) is 0 Å². The summed E-state index contributed by atoms with van der Waals surface area (Å²) in [5, 5.41) is 0. The fourth-order valence-electron chi connectivity index (χ4n) is 2.64. The molecule has 0 N–H and O–H groups in total. The quantitative estimate of drug-likeness (QED) is 0.802. The van der Waals surface area contributed by atoms with Gasteiger partial charge in [-0.3, -0.25) is 0 Å². The molecule has 0 bridgehead atoms. The molecule has 0 radical (unpaired) electrons. The van der Waals surface area contributed by atoms with E-state index < -0.39 is 10.0 Å². The molecule has 0 aromatic carbocycles. The maximum Gasteiger partial charge on any atom is 0.246 e. The van der Waals surface area contributed by atoms with Crippen molar-refractivity contribution < 1.29 is 12.8 Å². The van der Waals surface area contributed by atoms with Crippen molar-refractivity contribution in [1.82, 2.24) is 4.31 Å². The van der Waals surface area contributed by atoms with Crippen LogP contribution in [0.5, 0.6) is 0 Å². The molecule has 0 saturated carbocycles. The normalized spacial score (nSPS) is 21.6. The summed E-state index contributed by atoms with van der Waals surface area (Å²) < 4.78 is 32.3. The lowest BCUT2D eigenvalue weighted by atomic mass is 9.80. The smallest absolute Gasteiger partial charge is 0.246 e. The molecule has 1 fully saturated rings. The highest BCUT2D eigenvalue weighted by Gasteiger charge is 2.38. The van der Waals surface area contributed by atoms with Crippen LogP contribution in [0.2, 0.25) is 0 Å². The van der Waals surface area contributed by atoms with E-state index in [1.54, 1.807) is 17.3 Å². The molecule has 0 spiro atoms. The van der Waals surface area contributed by atoms with Gasteiger partial charge in [-0.1, -0.05) is 20.8 Å². The average Bonchev–Trinajstić information content (AvgIpc) is 2.94. The van der Waals surface area contributed by atoms with Crippen LogP contribution >= 0.6 is 11.6 Å². The van der Waals surface area contributed by atoms with Crippen LogP contribution < -0.4 is 0 Å². The lowest BCUT2D eigenvalue weighted by Crippen LogP contribution is -2.31. The Bertz CT molecular complexity index is 586. The highest BCUT2D eigenvalue weighted by Crippen LogP contribution is 2.36. The van der Waals surface area contributed by atoms with Crippen LogP contribution in [0.1, 0.15) is 38.7 Å². The Morgan fingerprint density at radius 2 is 2.10 bits per heavy atom. The van der Waals surface area contributed by atoms with Crippen molar-refractivity contribution in [2.24, 2.45) is 11.3 Å². The fraction of sp³-hybridized carbons (Fsp3) is 0.714. The Morgan fingerprint density at radius 1 is 1.45 bits per heavy atom. The van der Waals surface area contributed by atoms with E-state index in [4.69, 9.17) is 16.0 Å². The summed E-state index contributed by atoms with van der Waals surface area (Å²) in [4.78, 5) is 0.253. The molecule has 1 aromatic rings. The molecule has 0 aliphatic carbocycles. The minimum atomic E-state index is -3.47. The van der Waals surface area contributed by atoms with Gasteiger partial charge in [0, 0.05) is 19.2 Å². The largest absolute Gasteiger partial charge is 0.464 e. The summed E-state index contributed by atoms with van der Waals surface area (Å²) in [6.07, 6.45) is 0.905. The van der Waals surface area contributed by atoms with Crippen molar-refractivity contribution in [1.29, 1.82) is 0 Å². The number of furan rings is 1. The first-order valence-corrected chi connectivity index (χ1v) is 8.79. The molecule has 1 aromatic heterocycles. The molecule has 1 saturated heterocycles. The zero-order valence-corrected chi connectivity index (χ0v) is 14.0. The Morgan fingerprint density at radius 3 is 2.55 bits per heavy atom. The fourth-order valence-corrected chi connectivity index (χ4v) is 4.46. The summed E-state index contributed by atoms with van der Waals surface area (Å²) in [6.45, 7) is 9.28. The van der Waals surface area contributed by atoms with E-state index in [2.05, 4.69) is 20.8 Å². The first-order chi connectivity index (χ1) is 9.16. The van der Waals surface area contributed by atoms with Crippen LogP contribution in [0.25, 0.3) is 0 Å². The number of rotatable bonds is 3. The number of hydrogen-bond donors (Lipinski definition) is 0. The van der Waals surface area contributed by atoms with Crippen molar-refractivity contribution in [2.45, 2.75) is 44.9 Å². The van der Waals surface area contributed by atoms with Crippen LogP contribution in [0.3, 0.4) is 0 Å². The minimum absolute atomic E-state index is 0.122. The van der Waals surface area contributed by atoms with E-state index in [0.29, 0.717) is 30.5 Å². The van der Waals surface area contributed by atoms with E-state index in [9.17, 15) is 8.42 Å². The summed E-state index contributed by atoms with van der Waals surface area (Å²) in [5.74, 6) is 1.48. The molecule has 2 rings (SSSR count). The Labute approximate surface area is 126 Å². The second kappa shape index (κ2) is 5.35. The van der Waals surface area contributed by atoms with Gasteiger partial charge in [-0.25, -0.2) is 8.42 Å². The second-order valence-corrected chi connectivity index (χ2v) is 8.66. The Balaban J connectivity index is 2.26. The standard InChI is InChI=1S/C14H22ClNO3S/c1-10-13(7-12(8-15)19-10)20(17,18)16-6-5-11(9-16)14(2,3)4/h7,11H,5-6,8-9H2,1-4H3. The topological polar surface area (TPSA) is 50.5 Å². The zero-order valence-electron chi connectivity index (χ0n) is 12.4. The predicted molar refractivity (Wildman–Crippen MR) is 79.3 cm³/mol. The maximum atomic E-state index is 12.7. The molecule has 6 heteroatoms. The Kier molecular flexibility index (Phi) is 4.24. The molecule has 0 amide bonds. The maximum absolute atomic E-state index is 12.7. The molecular formula is C14H22ClNO3S. The van der Waals surface area contributed by atoms with Crippen LogP contribution in [-0.4, -0.2) is 25.8 Å². The lowest BCUT2D eigenvalue weighted by molar-refractivity contribution is 0.252. The predicted octanol–water partition coefficient (Wildman–Crippen LogP) is 3.38. The van der Waals surface area contributed by atoms with Crippen molar-refractivity contribution in [3.05, 3.63) is 17.6 Å². The molecule has 1 atom stereocenters. The van der Waals surface area contributed by atoms with Crippen LogP contribution in [-0.2, 0) is 15.9 Å². The summed E-state index contributed by atoms with van der Waals surface area (Å²) >= 11 is 5.70. The lowest BCUT2D eigenvalue weighted by Gasteiger charge is -2.26. The molecule has 1 unspecified atom stereocenters. The third-order valence-electron chi connectivity index (χ3n) is 4.05. The van der Waals surface area contributed by atoms with Gasteiger partial charge in [-0.05, 0) is 24.7 Å². The van der Waals surface area contributed by atoms with Gasteiger partial charge < -0.3 is 4.42 Å². The average molecular weight is 320 g/mol. The van der Waals surface area contributed by atoms with Gasteiger partial charge in [0.15, 0.2) is 0 Å². The van der Waals surface area contributed by atoms with Crippen molar-refractivity contribution >= 4 is 21.6 Å². The highest BCUT2D eigenvalue weighted by molar-refractivity contribution is 7.89. The SMILES string of the molecule is Cc1oc(CCl)cc1S(=O)(=O)N1CCC(C(C)(C)C)C1. The van der Waals surface area contributed by atoms with E-state index in [1.165, 1.54) is 0 Å². The van der Waals surface area contributed by atoms with E-state index in [0.717, 1.165) is 6.42 Å². The first-order valence-electron chi connectivity index (χ1n) is 6.81. The van der Waals surface area contributed by atoms with Crippen LogP contribution in [0.4, 0.5) is 0 Å². The third kappa shape index (κ3) is 2.90. The van der Waals surface area contributed by atoms with Crippen molar-refractivity contribution in [3.8, 4) is 0 Å². The van der Waals surface area contributed by atoms with Crippen molar-refractivity contribution in [2.75, 3.05) is 13.1 Å².